The summed E-state index contributed by atoms with van der Waals surface area (Å²) in [5.41, 5.74) is 3.12. The molecule has 0 aliphatic heterocycles. The largest absolute Gasteiger partial charge is 0.456 e. The van der Waals surface area contributed by atoms with Gasteiger partial charge in [-0.15, -0.1) is 0 Å². The highest BCUT2D eigenvalue weighted by Gasteiger charge is 2.15. The van der Waals surface area contributed by atoms with Crippen LogP contribution in [0.4, 0.5) is 5.69 Å². The van der Waals surface area contributed by atoms with E-state index < -0.39 is 30.0 Å². The van der Waals surface area contributed by atoms with Crippen LogP contribution in [0, 0.1) is 30.9 Å². The van der Waals surface area contributed by atoms with Crippen LogP contribution >= 0.6 is 0 Å². The van der Waals surface area contributed by atoms with Crippen LogP contribution in [0.15, 0.2) is 36.4 Å². The molecule has 0 radical (unpaired) electrons. The van der Waals surface area contributed by atoms with Crippen molar-refractivity contribution in [2.45, 2.75) is 20.8 Å². The predicted octanol–water partition coefficient (Wildman–Crippen LogP) is 2.68. The molecule has 1 N–H and O–H groups in total. The molecule has 0 heterocycles. The summed E-state index contributed by atoms with van der Waals surface area (Å²) >= 11 is 0. The lowest BCUT2D eigenvalue weighted by Crippen LogP contribution is -2.31. The van der Waals surface area contributed by atoms with Gasteiger partial charge in [-0.05, 0) is 49.6 Å². The number of nitro groups is 1. The number of hydrogen-bond acceptors (Lipinski definition) is 6. The van der Waals surface area contributed by atoms with Gasteiger partial charge in [0.25, 0.3) is 11.6 Å². The van der Waals surface area contributed by atoms with Crippen LogP contribution in [-0.4, -0.2) is 35.7 Å². The van der Waals surface area contributed by atoms with Gasteiger partial charge in [0, 0.05) is 23.3 Å². The minimum absolute atomic E-state index is 0.0452. The number of hydrogen-bond donors (Lipinski definition) is 1. The summed E-state index contributed by atoms with van der Waals surface area (Å²) in [6.45, 7) is 4.75. The summed E-state index contributed by atoms with van der Waals surface area (Å²) in [4.78, 5) is 46.2. The lowest BCUT2D eigenvalue weighted by atomic mass is 9.98. The molecule has 0 aliphatic rings. The molecule has 0 saturated heterocycles. The van der Waals surface area contributed by atoms with Gasteiger partial charge in [-0.2, -0.15) is 0 Å². The molecule has 0 bridgehead atoms. The van der Waals surface area contributed by atoms with Crippen LogP contribution in [0.2, 0.25) is 0 Å². The molecule has 0 spiro atoms. The van der Waals surface area contributed by atoms with Gasteiger partial charge < -0.3 is 10.1 Å². The third kappa shape index (κ3) is 5.23. The van der Waals surface area contributed by atoms with Crippen molar-refractivity contribution in [3.8, 4) is 0 Å². The molecular formula is C20H20N2O6. The Morgan fingerprint density at radius 3 is 2.39 bits per heavy atom. The maximum atomic E-state index is 12.3. The fraction of sp³-hybridized carbons (Fsp3) is 0.250. The Kier molecular flexibility index (Phi) is 6.59. The van der Waals surface area contributed by atoms with E-state index >= 15 is 0 Å². The first kappa shape index (κ1) is 20.8. The highest BCUT2D eigenvalue weighted by molar-refractivity contribution is 6.00. The number of ketones is 1. The second kappa shape index (κ2) is 8.90. The van der Waals surface area contributed by atoms with Crippen LogP contribution < -0.4 is 5.32 Å². The summed E-state index contributed by atoms with van der Waals surface area (Å²) in [7, 11) is 0. The zero-order chi connectivity index (χ0) is 20.8. The van der Waals surface area contributed by atoms with Crippen molar-refractivity contribution in [1.82, 2.24) is 5.32 Å². The van der Waals surface area contributed by atoms with Gasteiger partial charge in [0.1, 0.15) is 6.54 Å². The van der Waals surface area contributed by atoms with Crippen LogP contribution in [0.3, 0.4) is 0 Å². The van der Waals surface area contributed by atoms with Crippen LogP contribution in [0.1, 0.15) is 37.4 Å². The third-order valence-electron chi connectivity index (χ3n) is 4.22. The number of rotatable bonds is 7. The van der Waals surface area contributed by atoms with Crippen molar-refractivity contribution in [2.24, 2.45) is 0 Å². The van der Waals surface area contributed by atoms with E-state index in [1.807, 2.05) is 19.9 Å². The lowest BCUT2D eigenvalue weighted by Gasteiger charge is -2.10. The van der Waals surface area contributed by atoms with E-state index in [4.69, 9.17) is 4.74 Å². The lowest BCUT2D eigenvalue weighted by molar-refractivity contribution is -0.384. The van der Waals surface area contributed by atoms with E-state index in [0.29, 0.717) is 5.56 Å². The Balaban J connectivity index is 1.88. The molecule has 28 heavy (non-hydrogen) atoms. The molecule has 0 aliphatic carbocycles. The number of amides is 1. The van der Waals surface area contributed by atoms with Crippen molar-refractivity contribution in [2.75, 3.05) is 13.2 Å². The summed E-state index contributed by atoms with van der Waals surface area (Å²) in [6, 6.07) is 8.77. The molecule has 2 aromatic carbocycles. The number of Topliss-reactive ketones (excluding diaryl/α,β-unsaturated/α-hetero) is 1. The number of nitro benzene ring substituents is 1. The minimum atomic E-state index is -0.784. The molecule has 0 atom stereocenters. The first-order valence-corrected chi connectivity index (χ1v) is 8.48. The number of aryl methyl sites for hydroxylation is 3. The summed E-state index contributed by atoms with van der Waals surface area (Å²) in [6.07, 6.45) is 0. The summed E-state index contributed by atoms with van der Waals surface area (Å²) in [5, 5.41) is 13.0. The molecule has 1 amide bonds. The Morgan fingerprint density at radius 2 is 1.71 bits per heavy atom. The van der Waals surface area contributed by atoms with E-state index in [9.17, 15) is 24.5 Å². The SMILES string of the molecule is Cc1cc(C)c(C(=O)COC(=O)CNC(=O)c2cccc([N+](=O)[O-])c2)cc1C. The number of carbonyl (C=O) groups excluding carboxylic acids is 3. The van der Waals surface area contributed by atoms with Crippen molar-refractivity contribution in [1.29, 1.82) is 0 Å². The zero-order valence-corrected chi connectivity index (χ0v) is 15.8. The van der Waals surface area contributed by atoms with Crippen molar-refractivity contribution >= 4 is 23.3 Å². The number of esters is 1. The highest BCUT2D eigenvalue weighted by atomic mass is 16.6. The number of ether oxygens (including phenoxy) is 1. The Morgan fingerprint density at radius 1 is 1.04 bits per heavy atom. The molecular weight excluding hydrogens is 364 g/mol. The normalized spacial score (nSPS) is 10.2. The van der Waals surface area contributed by atoms with Gasteiger partial charge in [0.05, 0.1) is 4.92 Å². The summed E-state index contributed by atoms with van der Waals surface area (Å²) in [5.74, 6) is -1.77. The van der Waals surface area contributed by atoms with Crippen molar-refractivity contribution in [3.05, 3.63) is 74.3 Å². The van der Waals surface area contributed by atoms with Crippen molar-refractivity contribution in [3.63, 3.8) is 0 Å². The maximum absolute atomic E-state index is 12.3. The van der Waals surface area contributed by atoms with Gasteiger partial charge in [-0.1, -0.05) is 12.1 Å². The fourth-order valence-corrected chi connectivity index (χ4v) is 2.55. The standard InChI is InChI=1S/C20H20N2O6/c1-12-7-14(3)17(8-13(12)2)18(23)11-28-19(24)10-21-20(25)15-5-4-6-16(9-15)22(26)27/h4-9H,10-11H2,1-3H3,(H,21,25). The van der Waals surface area contributed by atoms with Crippen LogP contribution in [-0.2, 0) is 9.53 Å². The third-order valence-corrected chi connectivity index (χ3v) is 4.22. The number of carbonyl (C=O) groups is 3. The van der Waals surface area contributed by atoms with E-state index in [0.717, 1.165) is 22.8 Å². The van der Waals surface area contributed by atoms with E-state index in [1.165, 1.54) is 18.2 Å². The molecule has 2 rings (SSSR count). The minimum Gasteiger partial charge on any atom is -0.456 e. The van der Waals surface area contributed by atoms with Gasteiger partial charge >= 0.3 is 5.97 Å². The molecule has 0 aromatic heterocycles. The highest BCUT2D eigenvalue weighted by Crippen LogP contribution is 2.16. The molecule has 0 unspecified atom stereocenters. The Hall–Kier alpha value is -3.55. The number of non-ortho nitro benzene ring substituents is 1. The maximum Gasteiger partial charge on any atom is 0.325 e. The number of nitrogens with one attached hydrogen (secondary N) is 1. The first-order valence-electron chi connectivity index (χ1n) is 8.48. The average molecular weight is 384 g/mol. The Labute approximate surface area is 161 Å². The molecule has 0 fully saturated rings. The number of benzene rings is 2. The van der Waals surface area contributed by atoms with E-state index in [-0.39, 0.29) is 17.0 Å². The first-order chi connectivity index (χ1) is 13.2. The van der Waals surface area contributed by atoms with Crippen LogP contribution in [0.5, 0.6) is 0 Å². The second-order valence-electron chi connectivity index (χ2n) is 6.33. The van der Waals surface area contributed by atoms with E-state index in [1.54, 1.807) is 13.0 Å². The van der Waals surface area contributed by atoms with Gasteiger partial charge in [0.15, 0.2) is 6.61 Å². The Bertz CT molecular complexity index is 952. The monoisotopic (exact) mass is 384 g/mol. The smallest absolute Gasteiger partial charge is 0.325 e. The van der Waals surface area contributed by atoms with Crippen LogP contribution in [0.25, 0.3) is 0 Å². The van der Waals surface area contributed by atoms with Crippen molar-refractivity contribution < 1.29 is 24.0 Å². The molecule has 2 aromatic rings. The quantitative estimate of drug-likeness (QED) is 0.340. The number of nitrogens with zero attached hydrogens (tertiary/aromatic N) is 1. The van der Waals surface area contributed by atoms with E-state index in [2.05, 4.69) is 5.32 Å². The van der Waals surface area contributed by atoms with Gasteiger partial charge in [0.2, 0.25) is 5.78 Å². The molecule has 146 valence electrons. The van der Waals surface area contributed by atoms with Gasteiger partial charge in [-0.25, -0.2) is 0 Å². The second-order valence-corrected chi connectivity index (χ2v) is 6.33. The molecule has 8 nitrogen and oxygen atoms in total. The fourth-order valence-electron chi connectivity index (χ4n) is 2.55. The summed E-state index contributed by atoms with van der Waals surface area (Å²) < 4.78 is 4.92. The molecule has 8 heteroatoms. The topological polar surface area (TPSA) is 116 Å². The average Bonchev–Trinajstić information content (AvgIpc) is 2.67. The van der Waals surface area contributed by atoms with Gasteiger partial charge in [-0.3, -0.25) is 24.5 Å². The molecule has 0 saturated carbocycles. The predicted molar refractivity (Wildman–Crippen MR) is 101 cm³/mol. The zero-order valence-electron chi connectivity index (χ0n) is 15.8.